The Morgan fingerprint density at radius 2 is 2.13 bits per heavy atom. The third kappa shape index (κ3) is 1.72. The Balaban J connectivity index is 2.72. The first-order valence-electron chi connectivity index (χ1n) is 4.81. The fourth-order valence-corrected chi connectivity index (χ4v) is 2.15. The molecule has 2 rings (SSSR count). The highest BCUT2D eigenvalue weighted by atomic mass is 35.5. The van der Waals surface area contributed by atoms with Gasteiger partial charge < -0.3 is 4.57 Å². The van der Waals surface area contributed by atoms with Crippen molar-refractivity contribution in [1.82, 2.24) is 9.55 Å². The zero-order valence-electron chi connectivity index (χ0n) is 8.72. The van der Waals surface area contributed by atoms with Crippen LogP contribution < -0.4 is 0 Å². The van der Waals surface area contributed by atoms with Crippen molar-refractivity contribution in [2.45, 2.75) is 13.3 Å². The van der Waals surface area contributed by atoms with Crippen molar-refractivity contribution in [2.75, 3.05) is 5.88 Å². The third-order valence-corrected chi connectivity index (χ3v) is 3.23. The van der Waals surface area contributed by atoms with E-state index in [2.05, 4.69) is 9.55 Å². The molecule has 2 aromatic rings. The molecule has 1 aromatic heterocycles. The minimum atomic E-state index is 0.587. The number of alkyl halides is 1. The van der Waals surface area contributed by atoms with E-state index in [0.717, 1.165) is 33.9 Å². The van der Waals surface area contributed by atoms with Gasteiger partial charge in [-0.2, -0.15) is 0 Å². The van der Waals surface area contributed by atoms with Crippen LogP contribution in [0.5, 0.6) is 0 Å². The molecule has 1 aromatic carbocycles. The maximum atomic E-state index is 6.08. The average molecular weight is 243 g/mol. The van der Waals surface area contributed by atoms with E-state index >= 15 is 0 Å². The summed E-state index contributed by atoms with van der Waals surface area (Å²) in [6.45, 7) is 2.01. The zero-order chi connectivity index (χ0) is 11.0. The molecule has 0 spiro atoms. The van der Waals surface area contributed by atoms with Gasteiger partial charge in [0.15, 0.2) is 0 Å². The topological polar surface area (TPSA) is 17.8 Å². The molecule has 0 saturated carbocycles. The Morgan fingerprint density at radius 1 is 1.40 bits per heavy atom. The zero-order valence-corrected chi connectivity index (χ0v) is 10.2. The second kappa shape index (κ2) is 4.03. The predicted octanol–water partition coefficient (Wildman–Crippen LogP) is 3.32. The summed E-state index contributed by atoms with van der Waals surface area (Å²) in [5.74, 6) is 1.59. The number of benzene rings is 1. The van der Waals surface area contributed by atoms with Crippen LogP contribution in [0.4, 0.5) is 0 Å². The molecule has 0 unspecified atom stereocenters. The molecule has 15 heavy (non-hydrogen) atoms. The maximum Gasteiger partial charge on any atom is 0.110 e. The SMILES string of the molecule is Cc1c(Cl)ccc2nc(CCCl)n(C)c12. The fourth-order valence-electron chi connectivity index (χ4n) is 1.83. The number of hydrogen-bond acceptors (Lipinski definition) is 1. The van der Waals surface area contributed by atoms with Gasteiger partial charge in [0.05, 0.1) is 11.0 Å². The number of nitrogens with zero attached hydrogens (tertiary/aromatic N) is 2. The fraction of sp³-hybridized carbons (Fsp3) is 0.364. The van der Waals surface area contributed by atoms with Gasteiger partial charge in [-0.15, -0.1) is 11.6 Å². The van der Waals surface area contributed by atoms with Crippen LogP contribution in [0.1, 0.15) is 11.4 Å². The van der Waals surface area contributed by atoms with Gasteiger partial charge in [-0.1, -0.05) is 11.6 Å². The van der Waals surface area contributed by atoms with Crippen LogP contribution in [0.15, 0.2) is 12.1 Å². The van der Waals surface area contributed by atoms with Gasteiger partial charge in [0, 0.05) is 24.4 Å². The van der Waals surface area contributed by atoms with Crippen molar-refractivity contribution in [3.05, 3.63) is 28.5 Å². The van der Waals surface area contributed by atoms with Crippen LogP contribution in [0.3, 0.4) is 0 Å². The van der Waals surface area contributed by atoms with Gasteiger partial charge in [0.1, 0.15) is 5.82 Å². The molecule has 0 aliphatic heterocycles. The van der Waals surface area contributed by atoms with E-state index in [1.165, 1.54) is 0 Å². The van der Waals surface area contributed by atoms with E-state index in [0.29, 0.717) is 5.88 Å². The molecule has 0 aliphatic rings. The first-order chi connectivity index (χ1) is 7.15. The third-order valence-electron chi connectivity index (χ3n) is 2.63. The van der Waals surface area contributed by atoms with Crippen molar-refractivity contribution in [3.8, 4) is 0 Å². The summed E-state index contributed by atoms with van der Waals surface area (Å²) in [5, 5.41) is 0.780. The largest absolute Gasteiger partial charge is 0.331 e. The second-order valence-electron chi connectivity index (χ2n) is 3.57. The quantitative estimate of drug-likeness (QED) is 0.740. The number of imidazole rings is 1. The average Bonchev–Trinajstić information content (AvgIpc) is 2.52. The van der Waals surface area contributed by atoms with Gasteiger partial charge in [0.25, 0.3) is 0 Å². The van der Waals surface area contributed by atoms with Crippen molar-refractivity contribution >= 4 is 34.2 Å². The second-order valence-corrected chi connectivity index (χ2v) is 4.35. The molecule has 0 radical (unpaired) electrons. The summed E-state index contributed by atoms with van der Waals surface area (Å²) in [6, 6.07) is 3.83. The molecule has 0 aliphatic carbocycles. The van der Waals surface area contributed by atoms with E-state index in [-0.39, 0.29) is 0 Å². The summed E-state index contributed by atoms with van der Waals surface area (Å²) in [6.07, 6.45) is 0.782. The molecule has 80 valence electrons. The highest BCUT2D eigenvalue weighted by molar-refractivity contribution is 6.32. The standard InChI is InChI=1S/C11H12Cl2N2/c1-7-8(13)3-4-9-11(7)15(2)10(14-9)5-6-12/h3-4H,5-6H2,1-2H3. The molecular weight excluding hydrogens is 231 g/mol. The van der Waals surface area contributed by atoms with Gasteiger partial charge >= 0.3 is 0 Å². The first-order valence-corrected chi connectivity index (χ1v) is 5.72. The molecule has 1 heterocycles. The highest BCUT2D eigenvalue weighted by Gasteiger charge is 2.10. The van der Waals surface area contributed by atoms with E-state index in [4.69, 9.17) is 23.2 Å². The van der Waals surface area contributed by atoms with E-state index in [1.807, 2.05) is 26.1 Å². The molecule has 2 nitrogen and oxygen atoms in total. The van der Waals surface area contributed by atoms with Gasteiger partial charge in [-0.25, -0.2) is 4.98 Å². The summed E-state index contributed by atoms with van der Waals surface area (Å²) < 4.78 is 2.07. The monoisotopic (exact) mass is 242 g/mol. The van der Waals surface area contributed by atoms with Crippen LogP contribution in [0, 0.1) is 6.92 Å². The molecule has 4 heteroatoms. The lowest BCUT2D eigenvalue weighted by Crippen LogP contribution is -1.99. The minimum absolute atomic E-state index is 0.587. The van der Waals surface area contributed by atoms with Crippen molar-refractivity contribution in [2.24, 2.45) is 7.05 Å². The summed E-state index contributed by atoms with van der Waals surface area (Å²) >= 11 is 11.8. The molecular formula is C11H12Cl2N2. The Hall–Kier alpha value is -0.730. The van der Waals surface area contributed by atoms with Gasteiger partial charge in [-0.05, 0) is 24.6 Å². The lowest BCUT2D eigenvalue weighted by Gasteiger charge is -2.03. The molecule has 0 saturated heterocycles. The molecule has 0 N–H and O–H groups in total. The van der Waals surface area contributed by atoms with Crippen LogP contribution in [-0.4, -0.2) is 15.4 Å². The number of hydrogen-bond donors (Lipinski definition) is 0. The Morgan fingerprint density at radius 3 is 2.80 bits per heavy atom. The first kappa shape index (κ1) is 10.8. The van der Waals surface area contributed by atoms with Crippen molar-refractivity contribution in [3.63, 3.8) is 0 Å². The normalized spacial score (nSPS) is 11.2. The Bertz CT molecular complexity index is 503. The minimum Gasteiger partial charge on any atom is -0.331 e. The molecule has 0 atom stereocenters. The van der Waals surface area contributed by atoms with Gasteiger partial charge in [0.2, 0.25) is 0 Å². The summed E-state index contributed by atoms with van der Waals surface area (Å²) in [5.41, 5.74) is 3.16. The summed E-state index contributed by atoms with van der Waals surface area (Å²) in [7, 11) is 2.00. The Kier molecular flexibility index (Phi) is 2.89. The van der Waals surface area contributed by atoms with Crippen LogP contribution >= 0.6 is 23.2 Å². The number of aromatic nitrogens is 2. The number of rotatable bonds is 2. The van der Waals surface area contributed by atoms with Gasteiger partial charge in [-0.3, -0.25) is 0 Å². The van der Waals surface area contributed by atoms with Crippen LogP contribution in [-0.2, 0) is 13.5 Å². The smallest absolute Gasteiger partial charge is 0.110 e. The molecule has 0 bridgehead atoms. The Labute approximate surface area is 98.8 Å². The lowest BCUT2D eigenvalue weighted by atomic mass is 10.2. The molecule has 0 fully saturated rings. The highest BCUT2D eigenvalue weighted by Crippen LogP contribution is 2.25. The van der Waals surface area contributed by atoms with Crippen molar-refractivity contribution in [1.29, 1.82) is 0 Å². The van der Waals surface area contributed by atoms with E-state index < -0.39 is 0 Å². The van der Waals surface area contributed by atoms with E-state index in [9.17, 15) is 0 Å². The number of aryl methyl sites for hydroxylation is 3. The van der Waals surface area contributed by atoms with E-state index in [1.54, 1.807) is 0 Å². The van der Waals surface area contributed by atoms with Crippen LogP contribution in [0.25, 0.3) is 11.0 Å². The predicted molar refractivity (Wildman–Crippen MR) is 64.9 cm³/mol. The number of halogens is 2. The maximum absolute atomic E-state index is 6.08. The van der Waals surface area contributed by atoms with Crippen LogP contribution in [0.2, 0.25) is 5.02 Å². The van der Waals surface area contributed by atoms with Crippen molar-refractivity contribution < 1.29 is 0 Å². The summed E-state index contributed by atoms with van der Waals surface area (Å²) in [4.78, 5) is 4.52. The molecule has 0 amide bonds. The number of fused-ring (bicyclic) bond motifs is 1. The lowest BCUT2D eigenvalue weighted by molar-refractivity contribution is 0.830.